The minimum absolute atomic E-state index is 0.214. The molecule has 50 heavy (non-hydrogen) atoms. The topological polar surface area (TPSA) is 95.9 Å². The van der Waals surface area contributed by atoms with Crippen molar-refractivity contribution in [2.75, 3.05) is 0 Å². The maximum atomic E-state index is 13.6. The molecular weight excluding hydrogens is 641 g/mol. The smallest absolute Gasteiger partial charge is 0.268 e. The fraction of sp³-hybridized carbons (Fsp3) is 0.220. The lowest BCUT2D eigenvalue weighted by molar-refractivity contribution is 0.153. The van der Waals surface area contributed by atoms with E-state index in [-0.39, 0.29) is 10.9 Å². The van der Waals surface area contributed by atoms with Crippen molar-refractivity contribution in [1.29, 1.82) is 0 Å². The number of para-hydroxylation sites is 3. The number of aryl methyl sites for hydroxylation is 2. The van der Waals surface area contributed by atoms with E-state index in [1.807, 2.05) is 67.7 Å². The number of nitrogens with one attached hydrogen (secondary N) is 2. The van der Waals surface area contributed by atoms with Crippen molar-refractivity contribution in [3.63, 3.8) is 0 Å². The Labute approximate surface area is 292 Å². The first-order valence-corrected chi connectivity index (χ1v) is 18.7. The second kappa shape index (κ2) is 13.7. The molecule has 1 aliphatic carbocycles. The van der Waals surface area contributed by atoms with Crippen LogP contribution in [0.4, 0.5) is 0 Å². The molecule has 3 heterocycles. The van der Waals surface area contributed by atoms with Gasteiger partial charge < -0.3 is 10.3 Å². The summed E-state index contributed by atoms with van der Waals surface area (Å²) < 4.78 is 28.6. The zero-order chi connectivity index (χ0) is 34.1. The molecule has 1 atom stereocenters. The molecule has 3 aromatic heterocycles. The number of hydrogen-bond acceptors (Lipinski definition) is 6. The summed E-state index contributed by atoms with van der Waals surface area (Å²) in [4.78, 5) is 16.1. The van der Waals surface area contributed by atoms with Gasteiger partial charge in [-0.05, 0) is 84.8 Å². The van der Waals surface area contributed by atoms with Crippen LogP contribution in [0.2, 0.25) is 0 Å². The number of aromatic nitrogens is 4. The van der Waals surface area contributed by atoms with E-state index in [1.54, 1.807) is 18.3 Å². The van der Waals surface area contributed by atoms with E-state index in [4.69, 9.17) is 9.97 Å². The number of aromatic amines is 1. The number of rotatable bonds is 11. The van der Waals surface area contributed by atoms with E-state index >= 15 is 0 Å². The van der Waals surface area contributed by atoms with Gasteiger partial charge in [-0.25, -0.2) is 17.4 Å². The molecule has 0 saturated heterocycles. The Morgan fingerprint density at radius 1 is 0.860 bits per heavy atom. The van der Waals surface area contributed by atoms with E-state index in [2.05, 4.69) is 57.7 Å². The summed E-state index contributed by atoms with van der Waals surface area (Å²) in [6, 6.07) is 36.1. The molecule has 252 valence electrons. The van der Waals surface area contributed by atoms with Gasteiger partial charge >= 0.3 is 0 Å². The Kier molecular flexibility index (Phi) is 8.78. The van der Waals surface area contributed by atoms with Crippen molar-refractivity contribution in [2.45, 2.75) is 63.3 Å². The van der Waals surface area contributed by atoms with Gasteiger partial charge in [0.05, 0.1) is 39.7 Å². The van der Waals surface area contributed by atoms with Crippen molar-refractivity contribution in [2.24, 2.45) is 0 Å². The van der Waals surface area contributed by atoms with Crippen molar-refractivity contribution >= 4 is 32.0 Å². The SMILES string of the molecule is Cc1ccc(S(=O)(=O)n2cc(CNCc3ccc(CN(Cc4nc5ccccc5[nH]4)C4CCCc5cccnc54)cc3)c3ccccc32)cc1. The van der Waals surface area contributed by atoms with Gasteiger partial charge in [0.1, 0.15) is 5.82 Å². The summed E-state index contributed by atoms with van der Waals surface area (Å²) in [6.07, 6.45) is 6.95. The average molecular weight is 681 g/mol. The predicted molar refractivity (Wildman–Crippen MR) is 198 cm³/mol. The molecule has 0 fully saturated rings. The highest BCUT2D eigenvalue weighted by Crippen LogP contribution is 2.35. The van der Waals surface area contributed by atoms with E-state index < -0.39 is 10.0 Å². The number of nitrogens with zero attached hydrogens (tertiary/aromatic N) is 4. The number of hydrogen-bond donors (Lipinski definition) is 2. The lowest BCUT2D eigenvalue weighted by atomic mass is 9.90. The summed E-state index contributed by atoms with van der Waals surface area (Å²) in [5, 5.41) is 4.48. The Bertz CT molecular complexity index is 2350. The molecular formula is C41H40N6O2S. The van der Waals surface area contributed by atoms with Crippen LogP contribution in [0, 0.1) is 6.92 Å². The second-order valence-electron chi connectivity index (χ2n) is 13.3. The number of fused-ring (bicyclic) bond motifs is 3. The molecule has 1 aliphatic rings. The van der Waals surface area contributed by atoms with Crippen LogP contribution in [0.1, 0.15) is 58.2 Å². The maximum absolute atomic E-state index is 13.6. The molecule has 0 spiro atoms. The molecule has 8 rings (SSSR count). The van der Waals surface area contributed by atoms with Gasteiger partial charge in [-0.3, -0.25) is 9.88 Å². The third-order valence-electron chi connectivity index (χ3n) is 9.79. The van der Waals surface area contributed by atoms with Crippen LogP contribution in [0.15, 0.2) is 126 Å². The average Bonchev–Trinajstić information content (AvgIpc) is 3.73. The fourth-order valence-electron chi connectivity index (χ4n) is 7.21. The summed E-state index contributed by atoms with van der Waals surface area (Å²) in [5.74, 6) is 0.961. The minimum Gasteiger partial charge on any atom is -0.341 e. The molecule has 2 N–H and O–H groups in total. The molecule has 1 unspecified atom stereocenters. The Balaban J connectivity index is 0.980. The molecule has 7 aromatic rings. The van der Waals surface area contributed by atoms with Crippen LogP contribution >= 0.6 is 0 Å². The highest BCUT2D eigenvalue weighted by atomic mass is 32.2. The van der Waals surface area contributed by atoms with E-state index in [1.165, 1.54) is 26.4 Å². The molecule has 4 aromatic carbocycles. The zero-order valence-corrected chi connectivity index (χ0v) is 28.9. The zero-order valence-electron chi connectivity index (χ0n) is 28.1. The number of H-pyrrole nitrogens is 1. The first kappa shape index (κ1) is 32.1. The van der Waals surface area contributed by atoms with Gasteiger partial charge in [-0.2, -0.15) is 0 Å². The lowest BCUT2D eigenvalue weighted by Gasteiger charge is -2.34. The van der Waals surface area contributed by atoms with Gasteiger partial charge in [0, 0.05) is 37.4 Å². The van der Waals surface area contributed by atoms with E-state index in [9.17, 15) is 8.42 Å². The minimum atomic E-state index is -3.73. The van der Waals surface area contributed by atoms with Gasteiger partial charge in [-0.1, -0.05) is 78.4 Å². The monoisotopic (exact) mass is 680 g/mol. The standard InChI is InChI=1S/C41H40N6O2S/c1-29-15-21-34(22-16-29)50(48,49)47-27-33(35-10-2-5-13-38(35)47)25-42-24-30-17-19-31(20-18-30)26-46(28-40-44-36-11-3-4-12-37(36)45-40)39-14-6-8-32-9-7-23-43-41(32)39/h2-5,7,9-13,15-23,27,39,42H,6,8,14,24-26,28H2,1H3,(H,44,45). The van der Waals surface area contributed by atoms with E-state index in [0.29, 0.717) is 25.2 Å². The molecule has 0 amide bonds. The van der Waals surface area contributed by atoms with Crippen LogP contribution in [0.3, 0.4) is 0 Å². The maximum Gasteiger partial charge on any atom is 0.268 e. The Morgan fingerprint density at radius 3 is 2.48 bits per heavy atom. The van der Waals surface area contributed by atoms with Crippen LogP contribution in [-0.4, -0.2) is 32.2 Å². The number of imidazole rings is 1. The molecule has 0 radical (unpaired) electrons. The third kappa shape index (κ3) is 6.47. The molecule has 8 nitrogen and oxygen atoms in total. The molecule has 9 heteroatoms. The summed E-state index contributed by atoms with van der Waals surface area (Å²) in [7, 11) is -3.73. The first-order chi connectivity index (χ1) is 24.4. The normalized spacial score (nSPS) is 14.8. The molecule has 0 saturated carbocycles. The largest absolute Gasteiger partial charge is 0.341 e. The van der Waals surface area contributed by atoms with Gasteiger partial charge in [0.15, 0.2) is 0 Å². The second-order valence-corrected chi connectivity index (χ2v) is 15.1. The first-order valence-electron chi connectivity index (χ1n) is 17.2. The summed E-state index contributed by atoms with van der Waals surface area (Å²) in [6.45, 7) is 4.63. The Morgan fingerprint density at radius 2 is 1.64 bits per heavy atom. The van der Waals surface area contributed by atoms with Crippen molar-refractivity contribution in [3.05, 3.63) is 161 Å². The highest BCUT2D eigenvalue weighted by Gasteiger charge is 2.28. The van der Waals surface area contributed by atoms with Crippen LogP contribution in [0.5, 0.6) is 0 Å². The quantitative estimate of drug-likeness (QED) is 0.145. The fourth-order valence-corrected chi connectivity index (χ4v) is 8.60. The van der Waals surface area contributed by atoms with Crippen molar-refractivity contribution in [3.8, 4) is 0 Å². The Hall–Kier alpha value is -5.09. The van der Waals surface area contributed by atoms with E-state index in [0.717, 1.165) is 59.2 Å². The summed E-state index contributed by atoms with van der Waals surface area (Å²) in [5.41, 5.74) is 9.60. The van der Waals surface area contributed by atoms with Crippen molar-refractivity contribution < 1.29 is 8.42 Å². The molecule has 0 bridgehead atoms. The number of pyridine rings is 1. The van der Waals surface area contributed by atoms with Crippen LogP contribution in [-0.2, 0) is 42.6 Å². The molecule has 0 aliphatic heterocycles. The third-order valence-corrected chi connectivity index (χ3v) is 11.5. The highest BCUT2D eigenvalue weighted by molar-refractivity contribution is 7.90. The summed E-state index contributed by atoms with van der Waals surface area (Å²) >= 11 is 0. The van der Waals surface area contributed by atoms with Crippen LogP contribution < -0.4 is 5.32 Å². The van der Waals surface area contributed by atoms with Crippen molar-refractivity contribution in [1.82, 2.24) is 29.1 Å². The predicted octanol–water partition coefficient (Wildman–Crippen LogP) is 7.83. The van der Waals surface area contributed by atoms with Crippen LogP contribution in [0.25, 0.3) is 21.9 Å². The lowest BCUT2D eigenvalue weighted by Crippen LogP contribution is -2.31. The van der Waals surface area contributed by atoms with Gasteiger partial charge in [0.25, 0.3) is 10.0 Å². The number of benzene rings is 4. The van der Waals surface area contributed by atoms with Gasteiger partial charge in [0.2, 0.25) is 0 Å². The van der Waals surface area contributed by atoms with Gasteiger partial charge in [-0.15, -0.1) is 0 Å².